The maximum Gasteiger partial charge on any atom is 0.520 e. The van der Waals surface area contributed by atoms with Gasteiger partial charge in [-0.3, -0.25) is 0 Å². The van der Waals surface area contributed by atoms with Crippen LogP contribution >= 0.6 is 19.6 Å². The largest absolute Gasteiger partial charge is 0.520 e. The Morgan fingerprint density at radius 3 is 2.75 bits per heavy atom. The molecule has 0 bridgehead atoms. The zero-order chi connectivity index (χ0) is 9.40. The molecule has 6 heteroatoms. The van der Waals surface area contributed by atoms with Gasteiger partial charge < -0.3 is 4.74 Å². The summed E-state index contributed by atoms with van der Waals surface area (Å²) in [6.07, 6.45) is -0.194. The van der Waals surface area contributed by atoms with Gasteiger partial charge in [-0.2, -0.15) is 0 Å². The second-order valence-corrected chi connectivity index (χ2v) is 3.44. The summed E-state index contributed by atoms with van der Waals surface area (Å²) in [5, 5.41) is 0. The average Bonchev–Trinajstić information content (AvgIpc) is 2.01. The smallest absolute Gasteiger partial charge is 0.463 e. The first-order valence-electron chi connectivity index (χ1n) is 3.49. The van der Waals surface area contributed by atoms with Crippen molar-refractivity contribution in [3.8, 4) is 0 Å². The fourth-order valence-corrected chi connectivity index (χ4v) is 1.37. The van der Waals surface area contributed by atoms with Gasteiger partial charge in [0.2, 0.25) is 0 Å². The summed E-state index contributed by atoms with van der Waals surface area (Å²) in [6, 6.07) is 0. The van der Waals surface area contributed by atoms with Crippen molar-refractivity contribution >= 4 is 25.6 Å². The van der Waals surface area contributed by atoms with Gasteiger partial charge in [0.15, 0.2) is 0 Å². The predicted molar refractivity (Wildman–Crippen MR) is 45.8 cm³/mol. The first kappa shape index (κ1) is 11.8. The van der Waals surface area contributed by atoms with Crippen molar-refractivity contribution in [2.45, 2.75) is 6.92 Å². The summed E-state index contributed by atoms with van der Waals surface area (Å²) >= 11 is 5.27. The predicted octanol–water partition coefficient (Wildman–Crippen LogP) is 1.55. The van der Waals surface area contributed by atoms with E-state index in [1.807, 2.05) is 0 Å². The van der Waals surface area contributed by atoms with E-state index in [1.165, 1.54) is 0 Å². The van der Waals surface area contributed by atoms with Crippen molar-refractivity contribution in [2.24, 2.45) is 0 Å². The third-order valence-electron chi connectivity index (χ3n) is 0.876. The minimum Gasteiger partial charge on any atom is -0.463 e. The number of hydrogen-bond acceptors (Lipinski definition) is 4. The zero-order valence-electron chi connectivity index (χ0n) is 6.79. The van der Waals surface area contributed by atoms with Crippen molar-refractivity contribution < 1.29 is 18.6 Å². The van der Waals surface area contributed by atoms with Gasteiger partial charge in [0, 0.05) is 0 Å². The Kier molecular flexibility index (Phi) is 7.36. The molecule has 0 spiro atoms. The Morgan fingerprint density at radius 2 is 2.25 bits per heavy atom. The monoisotopic (exact) mass is 213 g/mol. The summed E-state index contributed by atoms with van der Waals surface area (Å²) in [5.41, 5.74) is 0. The van der Waals surface area contributed by atoms with Gasteiger partial charge in [-0.25, -0.2) is 4.79 Å². The highest BCUT2D eigenvalue weighted by Gasteiger charge is 2.23. The van der Waals surface area contributed by atoms with Crippen molar-refractivity contribution in [1.82, 2.24) is 0 Å². The number of carbonyl (C=O) groups is 1. The average molecular weight is 214 g/mol. The van der Waals surface area contributed by atoms with E-state index in [4.69, 9.17) is 11.6 Å². The van der Waals surface area contributed by atoms with Crippen molar-refractivity contribution in [1.29, 1.82) is 0 Å². The normalized spacial score (nSPS) is 11.0. The Morgan fingerprint density at radius 1 is 1.58 bits per heavy atom. The fourth-order valence-electron chi connectivity index (χ4n) is 0.494. The van der Waals surface area contributed by atoms with Crippen molar-refractivity contribution in [3.63, 3.8) is 0 Å². The first-order valence-corrected chi connectivity index (χ1v) is 5.39. The minimum absolute atomic E-state index is 0.191. The zero-order valence-corrected chi connectivity index (χ0v) is 8.44. The summed E-state index contributed by atoms with van der Waals surface area (Å²) in [4.78, 5) is 10.7. The molecule has 0 aromatic heterocycles. The van der Waals surface area contributed by atoms with Gasteiger partial charge in [0.1, 0.15) is 6.61 Å². The third kappa shape index (κ3) is 6.53. The van der Waals surface area contributed by atoms with Crippen LogP contribution in [0.25, 0.3) is 0 Å². The molecule has 0 amide bonds. The minimum atomic E-state index is -1.95. The molecule has 12 heavy (non-hydrogen) atoms. The SMILES string of the molecule is CCOC(=O)C[P+](=O)OCCCl. The van der Waals surface area contributed by atoms with E-state index in [0.29, 0.717) is 0 Å². The standard InChI is InChI=1S/C6H11ClO4P/c1-2-10-6(8)5-12(9)11-4-3-7/h2-5H2,1H3/q+1. The quantitative estimate of drug-likeness (QED) is 0.382. The molecule has 0 heterocycles. The molecule has 0 aromatic carbocycles. The number of ether oxygens (including phenoxy) is 1. The van der Waals surface area contributed by atoms with Crippen LogP contribution < -0.4 is 0 Å². The van der Waals surface area contributed by atoms with Crippen LogP contribution in [-0.4, -0.2) is 31.2 Å². The van der Waals surface area contributed by atoms with E-state index >= 15 is 0 Å². The van der Waals surface area contributed by atoms with Crippen LogP contribution in [0.4, 0.5) is 0 Å². The number of halogens is 1. The van der Waals surface area contributed by atoms with E-state index in [1.54, 1.807) is 6.92 Å². The highest BCUT2D eigenvalue weighted by Crippen LogP contribution is 2.21. The van der Waals surface area contributed by atoms with Crippen LogP contribution in [0.1, 0.15) is 6.92 Å². The van der Waals surface area contributed by atoms with Crippen LogP contribution in [0.3, 0.4) is 0 Å². The molecule has 0 N–H and O–H groups in total. The van der Waals surface area contributed by atoms with Crippen molar-refractivity contribution in [3.05, 3.63) is 0 Å². The second kappa shape index (κ2) is 7.47. The molecule has 1 atom stereocenters. The number of alkyl halides is 1. The number of esters is 1. The Balaban J connectivity index is 3.47. The highest BCUT2D eigenvalue weighted by atomic mass is 35.5. The molecule has 0 saturated carbocycles. The maximum absolute atomic E-state index is 10.9. The molecule has 0 radical (unpaired) electrons. The Hall–Kier alpha value is -0.180. The molecule has 70 valence electrons. The number of carbonyl (C=O) groups excluding carboxylic acids is 1. The Labute approximate surface area is 77.0 Å². The van der Waals surface area contributed by atoms with Crippen LogP contribution in [0.2, 0.25) is 0 Å². The molecule has 0 fully saturated rings. The molecule has 1 unspecified atom stereocenters. The molecule has 0 saturated heterocycles. The highest BCUT2D eigenvalue weighted by molar-refractivity contribution is 7.40. The third-order valence-corrected chi connectivity index (χ3v) is 2.02. The van der Waals surface area contributed by atoms with E-state index in [-0.39, 0.29) is 25.3 Å². The Bertz CT molecular complexity index is 162. The molecular formula is C6H11ClO4P+. The van der Waals surface area contributed by atoms with Gasteiger partial charge in [0.25, 0.3) is 6.16 Å². The lowest BCUT2D eigenvalue weighted by molar-refractivity contribution is -0.140. The molecular weight excluding hydrogens is 202 g/mol. The lowest BCUT2D eigenvalue weighted by Crippen LogP contribution is -2.07. The lowest BCUT2D eigenvalue weighted by atomic mass is 10.8. The molecule has 0 rings (SSSR count). The van der Waals surface area contributed by atoms with Gasteiger partial charge in [-0.15, -0.1) is 16.1 Å². The first-order chi connectivity index (χ1) is 5.70. The fraction of sp³-hybridized carbons (Fsp3) is 0.833. The summed E-state index contributed by atoms with van der Waals surface area (Å²) in [7, 11) is -1.95. The molecule has 4 nitrogen and oxygen atoms in total. The topological polar surface area (TPSA) is 52.6 Å². The van der Waals surface area contributed by atoms with Crippen LogP contribution in [0.15, 0.2) is 0 Å². The van der Waals surface area contributed by atoms with Gasteiger partial charge in [-0.1, -0.05) is 0 Å². The second-order valence-electron chi connectivity index (χ2n) is 1.82. The lowest BCUT2D eigenvalue weighted by Gasteiger charge is -1.93. The summed E-state index contributed by atoms with van der Waals surface area (Å²) < 4.78 is 20.1. The maximum atomic E-state index is 10.9. The van der Waals surface area contributed by atoms with Gasteiger partial charge in [-0.05, 0) is 11.5 Å². The van der Waals surface area contributed by atoms with Crippen LogP contribution in [-0.2, 0) is 18.6 Å². The van der Waals surface area contributed by atoms with Crippen molar-refractivity contribution in [2.75, 3.05) is 25.3 Å². The molecule has 0 aromatic rings. The molecule has 0 aliphatic rings. The van der Waals surface area contributed by atoms with Gasteiger partial charge in [0.05, 0.1) is 12.5 Å². The number of hydrogen-bond donors (Lipinski definition) is 0. The number of rotatable bonds is 6. The van der Waals surface area contributed by atoms with Gasteiger partial charge >= 0.3 is 14.0 Å². The van der Waals surface area contributed by atoms with E-state index in [0.717, 1.165) is 0 Å². The van der Waals surface area contributed by atoms with E-state index < -0.39 is 14.0 Å². The van der Waals surface area contributed by atoms with Crippen LogP contribution in [0, 0.1) is 0 Å². The molecule has 0 aliphatic carbocycles. The van der Waals surface area contributed by atoms with E-state index in [2.05, 4.69) is 9.26 Å². The summed E-state index contributed by atoms with van der Waals surface area (Å²) in [6.45, 7) is 2.16. The van der Waals surface area contributed by atoms with Crippen LogP contribution in [0.5, 0.6) is 0 Å². The molecule has 0 aliphatic heterocycles. The summed E-state index contributed by atoms with van der Waals surface area (Å²) in [5.74, 6) is -0.239. The van der Waals surface area contributed by atoms with E-state index in [9.17, 15) is 9.36 Å².